The lowest BCUT2D eigenvalue weighted by Gasteiger charge is -2.40. The fourth-order valence-electron chi connectivity index (χ4n) is 3.89. The van der Waals surface area contributed by atoms with Gasteiger partial charge < -0.3 is 9.64 Å². The zero-order chi connectivity index (χ0) is 16.5. The summed E-state index contributed by atoms with van der Waals surface area (Å²) in [5.74, 6) is 0.891. The predicted molar refractivity (Wildman–Crippen MR) is 89.7 cm³/mol. The predicted octanol–water partition coefficient (Wildman–Crippen LogP) is 1.50. The summed E-state index contributed by atoms with van der Waals surface area (Å²) in [6.07, 6.45) is 8.17. The highest BCUT2D eigenvalue weighted by molar-refractivity contribution is 5.92. The highest BCUT2D eigenvalue weighted by atomic mass is 16.5. The number of fused-ring (bicyclic) bond motifs is 1. The molecule has 3 aliphatic rings. The Balaban J connectivity index is 1.43. The lowest BCUT2D eigenvalue weighted by Crippen LogP contribution is -2.51. The van der Waals surface area contributed by atoms with Gasteiger partial charge in [-0.2, -0.15) is 0 Å². The third-order valence-corrected chi connectivity index (χ3v) is 5.46. The number of aryl methyl sites for hydroxylation is 1. The average molecular weight is 330 g/mol. The molecule has 3 heterocycles. The zero-order valence-corrected chi connectivity index (χ0v) is 14.4. The Morgan fingerprint density at radius 3 is 2.75 bits per heavy atom. The lowest BCUT2D eigenvalue weighted by atomic mass is 10.0. The van der Waals surface area contributed by atoms with E-state index >= 15 is 0 Å². The maximum atomic E-state index is 12.7. The topological polar surface area (TPSA) is 58.6 Å². The van der Waals surface area contributed by atoms with Gasteiger partial charge in [0.25, 0.3) is 5.91 Å². The Labute approximate surface area is 143 Å². The van der Waals surface area contributed by atoms with E-state index in [0.717, 1.165) is 50.7 Å². The van der Waals surface area contributed by atoms with E-state index in [0.29, 0.717) is 11.7 Å². The highest BCUT2D eigenvalue weighted by Gasteiger charge is 2.38. The monoisotopic (exact) mass is 330 g/mol. The first kappa shape index (κ1) is 16.0. The van der Waals surface area contributed by atoms with Crippen molar-refractivity contribution >= 4 is 5.91 Å². The minimum atomic E-state index is -0.00473. The van der Waals surface area contributed by atoms with Gasteiger partial charge in [0.05, 0.1) is 24.6 Å². The van der Waals surface area contributed by atoms with E-state index in [-0.39, 0.29) is 12.0 Å². The van der Waals surface area contributed by atoms with Crippen LogP contribution < -0.4 is 0 Å². The molecule has 2 aliphatic heterocycles. The maximum Gasteiger partial charge on any atom is 0.274 e. The van der Waals surface area contributed by atoms with Crippen LogP contribution in [0.2, 0.25) is 0 Å². The summed E-state index contributed by atoms with van der Waals surface area (Å²) in [4.78, 5) is 25.7. The second-order valence-electron chi connectivity index (χ2n) is 7.33. The fraction of sp³-hybridized carbons (Fsp3) is 0.722. The number of carbonyl (C=O) groups excluding carboxylic acids is 1. The van der Waals surface area contributed by atoms with E-state index in [9.17, 15) is 4.79 Å². The van der Waals surface area contributed by atoms with Crippen molar-refractivity contribution < 1.29 is 9.53 Å². The van der Waals surface area contributed by atoms with Crippen LogP contribution in [0.3, 0.4) is 0 Å². The van der Waals surface area contributed by atoms with Crippen molar-refractivity contribution in [1.82, 2.24) is 19.8 Å². The fourth-order valence-corrected chi connectivity index (χ4v) is 3.89. The van der Waals surface area contributed by atoms with Crippen molar-refractivity contribution in [3.63, 3.8) is 0 Å². The number of likely N-dealkylation sites (tertiary alicyclic amines) is 1. The largest absolute Gasteiger partial charge is 0.375 e. The van der Waals surface area contributed by atoms with Gasteiger partial charge in [0, 0.05) is 38.4 Å². The van der Waals surface area contributed by atoms with E-state index in [1.54, 1.807) is 12.4 Å². The SMILES string of the molecule is Cc1cnc(C(=O)N2CC[C@@H]3OCCN(CC4CC4)[C@@H]3CC2)cn1. The molecule has 4 rings (SSSR count). The molecular formula is C18H26N4O2. The Bertz CT molecular complexity index is 587. The molecule has 130 valence electrons. The number of hydrogen-bond donors (Lipinski definition) is 0. The lowest BCUT2D eigenvalue weighted by molar-refractivity contribution is -0.0727. The van der Waals surface area contributed by atoms with E-state index in [1.807, 2.05) is 11.8 Å². The van der Waals surface area contributed by atoms with E-state index in [4.69, 9.17) is 4.74 Å². The van der Waals surface area contributed by atoms with Crippen LogP contribution in [0.15, 0.2) is 12.4 Å². The zero-order valence-electron chi connectivity index (χ0n) is 14.4. The highest BCUT2D eigenvalue weighted by Crippen LogP contribution is 2.33. The summed E-state index contributed by atoms with van der Waals surface area (Å²) in [7, 11) is 0. The van der Waals surface area contributed by atoms with Crippen molar-refractivity contribution in [1.29, 1.82) is 0 Å². The molecule has 1 aromatic heterocycles. The molecule has 24 heavy (non-hydrogen) atoms. The van der Waals surface area contributed by atoms with Crippen LogP contribution >= 0.6 is 0 Å². The number of amides is 1. The van der Waals surface area contributed by atoms with Gasteiger partial charge in [-0.25, -0.2) is 4.98 Å². The Morgan fingerprint density at radius 1 is 1.17 bits per heavy atom. The van der Waals surface area contributed by atoms with Crippen molar-refractivity contribution in [3.8, 4) is 0 Å². The molecule has 6 nitrogen and oxygen atoms in total. The van der Waals surface area contributed by atoms with Crippen LogP contribution in [0, 0.1) is 12.8 Å². The van der Waals surface area contributed by atoms with Gasteiger partial charge in [-0.05, 0) is 38.5 Å². The standard InChI is InChI=1S/C18H26N4O2/c1-13-10-20-15(11-19-13)18(23)21-6-4-16-17(5-7-21)24-9-8-22(16)12-14-2-3-14/h10-11,14,16-17H,2-9,12H2,1H3/t16-,17+/m1/s1. The van der Waals surface area contributed by atoms with E-state index < -0.39 is 0 Å². The van der Waals surface area contributed by atoms with Crippen LogP contribution in [-0.4, -0.2) is 70.6 Å². The number of rotatable bonds is 3. The quantitative estimate of drug-likeness (QED) is 0.841. The summed E-state index contributed by atoms with van der Waals surface area (Å²) >= 11 is 0. The maximum absolute atomic E-state index is 12.7. The van der Waals surface area contributed by atoms with Gasteiger partial charge in [-0.15, -0.1) is 0 Å². The van der Waals surface area contributed by atoms with E-state index in [2.05, 4.69) is 14.9 Å². The number of ether oxygens (including phenoxy) is 1. The van der Waals surface area contributed by atoms with Crippen LogP contribution in [0.25, 0.3) is 0 Å². The first-order valence-electron chi connectivity index (χ1n) is 9.14. The van der Waals surface area contributed by atoms with Gasteiger partial charge in [0.2, 0.25) is 0 Å². The summed E-state index contributed by atoms with van der Waals surface area (Å²) in [5, 5.41) is 0. The molecule has 2 saturated heterocycles. The Kier molecular flexibility index (Phi) is 4.50. The van der Waals surface area contributed by atoms with Gasteiger partial charge >= 0.3 is 0 Å². The van der Waals surface area contributed by atoms with Gasteiger partial charge in [0.1, 0.15) is 5.69 Å². The van der Waals surface area contributed by atoms with Crippen LogP contribution in [0.4, 0.5) is 0 Å². The molecule has 1 amide bonds. The van der Waals surface area contributed by atoms with Crippen LogP contribution in [0.5, 0.6) is 0 Å². The summed E-state index contributed by atoms with van der Waals surface area (Å²) in [6, 6.07) is 0.459. The first-order valence-corrected chi connectivity index (χ1v) is 9.14. The number of aromatic nitrogens is 2. The van der Waals surface area contributed by atoms with Crippen molar-refractivity contribution in [3.05, 3.63) is 23.8 Å². The van der Waals surface area contributed by atoms with Gasteiger partial charge in [-0.3, -0.25) is 14.7 Å². The second-order valence-corrected chi connectivity index (χ2v) is 7.33. The molecule has 0 spiro atoms. The number of morpholine rings is 1. The van der Waals surface area contributed by atoms with Crippen LogP contribution in [-0.2, 0) is 4.74 Å². The van der Waals surface area contributed by atoms with Crippen molar-refractivity contribution in [2.24, 2.45) is 5.92 Å². The molecule has 0 aromatic carbocycles. The average Bonchev–Trinajstić information content (AvgIpc) is 3.41. The minimum absolute atomic E-state index is 0.00473. The molecule has 3 fully saturated rings. The molecule has 2 atom stereocenters. The number of hydrogen-bond acceptors (Lipinski definition) is 5. The summed E-state index contributed by atoms with van der Waals surface area (Å²) in [6.45, 7) is 6.47. The van der Waals surface area contributed by atoms with Crippen molar-refractivity contribution in [2.75, 3.05) is 32.8 Å². The number of carbonyl (C=O) groups is 1. The Hall–Kier alpha value is -1.53. The number of nitrogens with zero attached hydrogens (tertiary/aromatic N) is 4. The third-order valence-electron chi connectivity index (χ3n) is 5.46. The molecule has 1 saturated carbocycles. The summed E-state index contributed by atoms with van der Waals surface area (Å²) < 4.78 is 6.04. The first-order chi connectivity index (χ1) is 11.7. The minimum Gasteiger partial charge on any atom is -0.375 e. The molecule has 0 radical (unpaired) electrons. The second kappa shape index (κ2) is 6.76. The molecular weight excluding hydrogens is 304 g/mol. The normalized spacial score (nSPS) is 28.3. The van der Waals surface area contributed by atoms with E-state index in [1.165, 1.54) is 19.4 Å². The molecule has 6 heteroatoms. The Morgan fingerprint density at radius 2 is 2.00 bits per heavy atom. The van der Waals surface area contributed by atoms with Crippen molar-refractivity contribution in [2.45, 2.75) is 44.8 Å². The molecule has 0 unspecified atom stereocenters. The summed E-state index contributed by atoms with van der Waals surface area (Å²) in [5.41, 5.74) is 1.28. The molecule has 0 bridgehead atoms. The third kappa shape index (κ3) is 3.44. The molecule has 1 aliphatic carbocycles. The molecule has 0 N–H and O–H groups in total. The smallest absolute Gasteiger partial charge is 0.274 e. The van der Waals surface area contributed by atoms with Crippen LogP contribution in [0.1, 0.15) is 41.9 Å². The van der Waals surface area contributed by atoms with Gasteiger partial charge in [0.15, 0.2) is 0 Å². The van der Waals surface area contributed by atoms with Gasteiger partial charge in [-0.1, -0.05) is 0 Å². The molecule has 1 aromatic rings.